The molecule has 5 nitrogen and oxygen atoms in total. The Morgan fingerprint density at radius 3 is 2.33 bits per heavy atom. The smallest absolute Gasteiger partial charge is 0.321 e. The van der Waals surface area contributed by atoms with Gasteiger partial charge in [-0.2, -0.15) is 0 Å². The highest BCUT2D eigenvalue weighted by atomic mass is 16.2. The van der Waals surface area contributed by atoms with Crippen molar-refractivity contribution < 1.29 is 6.22 Å². The van der Waals surface area contributed by atoms with Gasteiger partial charge in [-0.3, -0.25) is 0 Å². The molecule has 2 heterocycles. The maximum atomic E-state index is 12.7. The van der Waals surface area contributed by atoms with E-state index in [1.54, 1.807) is 0 Å². The van der Waals surface area contributed by atoms with Crippen LogP contribution in [0.2, 0.25) is 0 Å². The quantitative estimate of drug-likeness (QED) is 0.788. The summed E-state index contributed by atoms with van der Waals surface area (Å²) < 4.78 is 0. The second kappa shape index (κ2) is 9.52. The normalized spacial score (nSPS) is 20.0. The third kappa shape index (κ3) is 5.14. The summed E-state index contributed by atoms with van der Waals surface area (Å²) in [5, 5.41) is 3.08. The Morgan fingerprint density at radius 2 is 1.70 bits per heavy atom. The predicted octanol–water partition coefficient (Wildman–Crippen LogP) is 4.56. The zero-order chi connectivity index (χ0) is 20.9. The molecular formula is C25H36N4O. The van der Waals surface area contributed by atoms with Crippen LogP contribution >= 0.6 is 0 Å². The number of hydrogen-bond acceptors (Lipinski definition) is 3. The molecule has 1 unspecified atom stereocenters. The molecule has 2 aromatic rings. The molecule has 0 spiro atoms. The molecule has 1 N–H and O–H groups in total. The molecule has 2 aromatic carbocycles. The van der Waals surface area contributed by atoms with Gasteiger partial charge in [0, 0.05) is 45.0 Å². The lowest BCUT2D eigenvalue weighted by Crippen LogP contribution is -2.41. The lowest BCUT2D eigenvalue weighted by molar-refractivity contribution is 0.182. The van der Waals surface area contributed by atoms with E-state index in [0.717, 1.165) is 51.1 Å². The van der Waals surface area contributed by atoms with Crippen LogP contribution in [0.4, 0.5) is 16.2 Å². The van der Waals surface area contributed by atoms with E-state index in [1.807, 2.05) is 17.0 Å². The first-order valence-corrected chi connectivity index (χ1v) is 11.2. The van der Waals surface area contributed by atoms with Crippen molar-refractivity contribution in [1.29, 1.82) is 0 Å². The number of likely N-dealkylation sites (N-methyl/N-ethyl adjacent to an activating group) is 1. The summed E-state index contributed by atoms with van der Waals surface area (Å²) in [6.45, 7) is 3.82. The fourth-order valence-corrected chi connectivity index (χ4v) is 4.64. The largest absolute Gasteiger partial charge is 0.370 e. The summed E-state index contributed by atoms with van der Waals surface area (Å²) in [5.74, 6) is 0.669. The van der Waals surface area contributed by atoms with Gasteiger partial charge in [-0.05, 0) is 75.5 Å². The Balaban J connectivity index is 0.00000272. The summed E-state index contributed by atoms with van der Waals surface area (Å²) in [6, 6.07) is 19.6. The first-order chi connectivity index (χ1) is 14.6. The monoisotopic (exact) mass is 408 g/mol. The standard InChI is InChI=1S/C25H34N4O.H2/c1-27(2)24-14-17-29(19-24)23-10-8-22(9-11-23)26-25(30)28-15-12-21(13-16-28)18-20-6-4-3-5-7-20;/h3-11,21,24H,12-19H2,1-2H3,(H,26,30);1H. The molecule has 0 radical (unpaired) electrons. The number of rotatable bonds is 5. The van der Waals surface area contributed by atoms with Crippen LogP contribution in [0.5, 0.6) is 0 Å². The van der Waals surface area contributed by atoms with E-state index in [2.05, 4.69) is 71.7 Å². The van der Waals surface area contributed by atoms with E-state index in [9.17, 15) is 4.79 Å². The summed E-state index contributed by atoms with van der Waals surface area (Å²) in [4.78, 5) is 19.4. The number of urea groups is 1. The van der Waals surface area contributed by atoms with Crippen LogP contribution in [0.3, 0.4) is 0 Å². The molecule has 0 bridgehead atoms. The van der Waals surface area contributed by atoms with Crippen LogP contribution in [-0.4, -0.2) is 62.1 Å². The number of likely N-dealkylation sites (tertiary alicyclic amines) is 1. The molecule has 162 valence electrons. The van der Waals surface area contributed by atoms with Crippen molar-refractivity contribution >= 4 is 17.4 Å². The van der Waals surface area contributed by atoms with E-state index in [0.29, 0.717) is 12.0 Å². The van der Waals surface area contributed by atoms with Gasteiger partial charge < -0.3 is 20.0 Å². The molecule has 1 atom stereocenters. The molecule has 2 saturated heterocycles. The number of amides is 2. The number of hydrogen-bond donors (Lipinski definition) is 1. The average Bonchev–Trinajstić information content (AvgIpc) is 3.26. The lowest BCUT2D eigenvalue weighted by Gasteiger charge is -2.32. The Hall–Kier alpha value is -2.53. The van der Waals surface area contributed by atoms with Gasteiger partial charge in [-0.15, -0.1) is 0 Å². The molecule has 2 amide bonds. The number of nitrogens with zero attached hydrogens (tertiary/aromatic N) is 3. The third-order valence-electron chi connectivity index (χ3n) is 6.65. The molecule has 5 heteroatoms. The van der Waals surface area contributed by atoms with Crippen molar-refractivity contribution in [3.05, 3.63) is 60.2 Å². The molecule has 0 saturated carbocycles. The van der Waals surface area contributed by atoms with Crippen LogP contribution in [0.15, 0.2) is 54.6 Å². The van der Waals surface area contributed by atoms with Crippen molar-refractivity contribution in [2.75, 3.05) is 50.5 Å². The topological polar surface area (TPSA) is 38.8 Å². The highest BCUT2D eigenvalue weighted by molar-refractivity contribution is 5.89. The second-order valence-electron chi connectivity index (χ2n) is 8.95. The molecule has 2 aliphatic heterocycles. The predicted molar refractivity (Wildman–Crippen MR) is 126 cm³/mol. The average molecular weight is 409 g/mol. The van der Waals surface area contributed by atoms with Gasteiger partial charge in [0.2, 0.25) is 0 Å². The van der Waals surface area contributed by atoms with E-state index in [4.69, 9.17) is 0 Å². The van der Waals surface area contributed by atoms with Crippen molar-refractivity contribution in [3.63, 3.8) is 0 Å². The van der Waals surface area contributed by atoms with Gasteiger partial charge >= 0.3 is 6.03 Å². The van der Waals surface area contributed by atoms with Gasteiger partial charge in [0.25, 0.3) is 0 Å². The highest BCUT2D eigenvalue weighted by Gasteiger charge is 2.25. The van der Waals surface area contributed by atoms with Crippen molar-refractivity contribution in [2.45, 2.75) is 31.7 Å². The van der Waals surface area contributed by atoms with Gasteiger partial charge in [-0.1, -0.05) is 30.3 Å². The minimum atomic E-state index is 0. The van der Waals surface area contributed by atoms with Crippen LogP contribution in [0.1, 0.15) is 26.3 Å². The SMILES string of the molecule is CN(C)C1CCN(c2ccc(NC(=O)N3CCC(Cc4ccccc4)CC3)cc2)C1.[HH]. The van der Waals surface area contributed by atoms with Gasteiger partial charge in [0.1, 0.15) is 0 Å². The Bertz CT molecular complexity index is 819. The summed E-state index contributed by atoms with van der Waals surface area (Å²) in [6.07, 6.45) is 4.46. The van der Waals surface area contributed by atoms with Gasteiger partial charge in [0.15, 0.2) is 0 Å². The summed E-state index contributed by atoms with van der Waals surface area (Å²) in [7, 11) is 4.30. The number of nitrogens with one attached hydrogen (secondary N) is 1. The van der Waals surface area contributed by atoms with Crippen molar-refractivity contribution in [2.24, 2.45) is 5.92 Å². The summed E-state index contributed by atoms with van der Waals surface area (Å²) in [5.41, 5.74) is 3.51. The maximum Gasteiger partial charge on any atom is 0.321 e. The van der Waals surface area contributed by atoms with E-state index in [-0.39, 0.29) is 7.46 Å². The lowest BCUT2D eigenvalue weighted by atomic mass is 9.90. The van der Waals surface area contributed by atoms with Gasteiger partial charge in [0.05, 0.1) is 0 Å². The number of carbonyl (C=O) groups excluding carboxylic acids is 1. The fraction of sp³-hybridized carbons (Fsp3) is 0.480. The Labute approximate surface area is 182 Å². The molecule has 4 rings (SSSR count). The van der Waals surface area contributed by atoms with E-state index < -0.39 is 0 Å². The van der Waals surface area contributed by atoms with Gasteiger partial charge in [-0.25, -0.2) is 4.79 Å². The third-order valence-corrected chi connectivity index (χ3v) is 6.65. The van der Waals surface area contributed by atoms with Crippen LogP contribution in [0.25, 0.3) is 0 Å². The molecular weight excluding hydrogens is 372 g/mol. The van der Waals surface area contributed by atoms with Crippen molar-refractivity contribution in [1.82, 2.24) is 9.80 Å². The number of piperidine rings is 1. The summed E-state index contributed by atoms with van der Waals surface area (Å²) >= 11 is 0. The number of anilines is 2. The van der Waals surface area contributed by atoms with Crippen molar-refractivity contribution in [3.8, 4) is 0 Å². The zero-order valence-electron chi connectivity index (χ0n) is 18.3. The molecule has 0 aromatic heterocycles. The zero-order valence-corrected chi connectivity index (χ0v) is 18.3. The fourth-order valence-electron chi connectivity index (χ4n) is 4.64. The van der Waals surface area contributed by atoms with E-state index >= 15 is 0 Å². The maximum absolute atomic E-state index is 12.7. The number of carbonyl (C=O) groups is 1. The Morgan fingerprint density at radius 1 is 1.00 bits per heavy atom. The molecule has 2 aliphatic rings. The molecule has 0 aliphatic carbocycles. The molecule has 30 heavy (non-hydrogen) atoms. The minimum absolute atomic E-state index is 0. The number of benzene rings is 2. The first kappa shape index (κ1) is 20.7. The first-order valence-electron chi connectivity index (χ1n) is 11.2. The van der Waals surface area contributed by atoms with E-state index in [1.165, 1.54) is 17.7 Å². The minimum Gasteiger partial charge on any atom is -0.370 e. The van der Waals surface area contributed by atoms with Crippen LogP contribution in [0, 0.1) is 5.92 Å². The molecule has 2 fully saturated rings. The highest BCUT2D eigenvalue weighted by Crippen LogP contribution is 2.25. The Kier molecular flexibility index (Phi) is 6.58. The van der Waals surface area contributed by atoms with Crippen LogP contribution in [-0.2, 0) is 6.42 Å². The second-order valence-corrected chi connectivity index (χ2v) is 8.95. The van der Waals surface area contributed by atoms with Crippen LogP contribution < -0.4 is 10.2 Å².